The van der Waals surface area contributed by atoms with Crippen LogP contribution in [0.25, 0.3) is 11.0 Å². The molecule has 6 N–H and O–H groups in total. The molecule has 0 aliphatic heterocycles. The van der Waals surface area contributed by atoms with Gasteiger partial charge in [-0.3, -0.25) is 15.0 Å². The van der Waals surface area contributed by atoms with Gasteiger partial charge >= 0.3 is 0 Å². The maximum Gasteiger partial charge on any atom is 0.216 e. The first kappa shape index (κ1) is 30.9. The second kappa shape index (κ2) is 16.5. The molecule has 216 valence electrons. The number of nitrogens with two attached hydrogens (primary N) is 2. The smallest absolute Gasteiger partial charge is 0.216 e. The monoisotopic (exact) mass is 548 g/mol. The van der Waals surface area contributed by atoms with Gasteiger partial charge in [-0.05, 0) is 48.9 Å². The normalized spacial score (nSPS) is 11.1. The molecule has 40 heavy (non-hydrogen) atoms. The van der Waals surface area contributed by atoms with Gasteiger partial charge in [0.2, 0.25) is 5.43 Å². The highest BCUT2D eigenvalue weighted by atomic mass is 16.5. The summed E-state index contributed by atoms with van der Waals surface area (Å²) >= 11 is 0. The van der Waals surface area contributed by atoms with Gasteiger partial charge in [-0.15, -0.1) is 0 Å². The van der Waals surface area contributed by atoms with Crippen molar-refractivity contribution in [1.82, 2.24) is 5.43 Å². The van der Waals surface area contributed by atoms with E-state index in [2.05, 4.69) is 12.3 Å². The number of benzene rings is 2. The second-order valence-electron chi connectivity index (χ2n) is 10.3. The molecular weight excluding hydrogens is 504 g/mol. The number of fused-ring (bicyclic) bond motifs is 1. The van der Waals surface area contributed by atoms with E-state index < -0.39 is 5.43 Å². The summed E-state index contributed by atoms with van der Waals surface area (Å²) in [6, 6.07) is 11.6. The lowest BCUT2D eigenvalue weighted by molar-refractivity contribution is 0.103. The molecule has 0 unspecified atom stereocenters. The van der Waals surface area contributed by atoms with Crippen molar-refractivity contribution >= 4 is 28.3 Å². The number of hydrogen-bond acceptors (Lipinski definition) is 7. The zero-order valence-corrected chi connectivity index (χ0v) is 23.7. The summed E-state index contributed by atoms with van der Waals surface area (Å²) in [5.74, 6) is 5.28. The number of carbonyl (C=O) groups excluding carboxylic acids is 1. The van der Waals surface area contributed by atoms with E-state index in [0.717, 1.165) is 12.2 Å². The lowest BCUT2D eigenvalue weighted by Crippen LogP contribution is -2.32. The van der Waals surface area contributed by atoms with E-state index in [1.54, 1.807) is 30.3 Å². The zero-order valence-electron chi connectivity index (χ0n) is 23.7. The minimum atomic E-state index is -0.525. The van der Waals surface area contributed by atoms with Crippen LogP contribution in [0.2, 0.25) is 0 Å². The predicted octanol–water partition coefficient (Wildman–Crippen LogP) is 6.86. The minimum Gasteiger partial charge on any atom is -0.494 e. The molecule has 0 saturated carbocycles. The first-order valence-electron chi connectivity index (χ1n) is 14.7. The molecule has 0 saturated heterocycles. The van der Waals surface area contributed by atoms with Gasteiger partial charge in [0.05, 0.1) is 12.0 Å². The fourth-order valence-electron chi connectivity index (χ4n) is 4.78. The maximum absolute atomic E-state index is 13.1. The topological polar surface area (TPSA) is 144 Å². The molecule has 0 spiro atoms. The summed E-state index contributed by atoms with van der Waals surface area (Å²) in [6.45, 7) is 2.92. The van der Waals surface area contributed by atoms with Crippen LogP contribution in [0, 0.1) is 5.41 Å². The van der Waals surface area contributed by atoms with E-state index >= 15 is 0 Å². The summed E-state index contributed by atoms with van der Waals surface area (Å²) in [6.07, 6.45) is 17.1. The standard InChI is InChI=1S/C32H44N4O4/c1-2-3-4-5-6-7-8-9-10-11-12-13-14-21-39-25-18-15-23(16-19-25)29(37)24-17-20-27-26(22-24)30(38)28(33)31(40-27)32(34)36-35/h15-20,22H,2-14,21,33,35H2,1H3,(H2,34,36). The highest BCUT2D eigenvalue weighted by Crippen LogP contribution is 2.22. The number of amidine groups is 1. The molecule has 0 atom stereocenters. The van der Waals surface area contributed by atoms with Gasteiger partial charge in [-0.25, -0.2) is 5.84 Å². The fraction of sp³-hybridized carbons (Fsp3) is 0.469. The molecule has 0 aliphatic rings. The SMILES string of the molecule is CCCCCCCCCCCCCCCOc1ccc(C(=O)c2ccc3oc(C(=N)NN)c(N)c(=O)c3c2)cc1. The number of hydrazine groups is 1. The van der Waals surface area contributed by atoms with Crippen molar-refractivity contribution in [2.75, 3.05) is 12.3 Å². The lowest BCUT2D eigenvalue weighted by atomic mass is 10.0. The summed E-state index contributed by atoms with van der Waals surface area (Å²) < 4.78 is 11.4. The molecule has 0 amide bonds. The summed E-state index contributed by atoms with van der Waals surface area (Å²) in [5, 5.41) is 7.90. The Morgan fingerprint density at radius 1 is 0.850 bits per heavy atom. The molecule has 2 aromatic carbocycles. The molecule has 0 aliphatic carbocycles. The van der Waals surface area contributed by atoms with Crippen LogP contribution in [0.1, 0.15) is 112 Å². The number of carbonyl (C=O) groups is 1. The Morgan fingerprint density at radius 3 is 1.98 bits per heavy atom. The molecule has 1 aromatic heterocycles. The number of unbranched alkanes of at least 4 members (excludes halogenated alkanes) is 12. The Balaban J connectivity index is 1.40. The van der Waals surface area contributed by atoms with E-state index in [4.69, 9.17) is 26.1 Å². The zero-order chi connectivity index (χ0) is 28.7. The first-order chi connectivity index (χ1) is 19.5. The predicted molar refractivity (Wildman–Crippen MR) is 162 cm³/mol. The van der Waals surface area contributed by atoms with Crippen molar-refractivity contribution in [3.05, 3.63) is 69.6 Å². The Hall–Kier alpha value is -3.65. The van der Waals surface area contributed by atoms with Gasteiger partial charge in [-0.1, -0.05) is 84.0 Å². The van der Waals surface area contributed by atoms with Gasteiger partial charge in [0.25, 0.3) is 0 Å². The van der Waals surface area contributed by atoms with Crippen molar-refractivity contribution in [3.63, 3.8) is 0 Å². The van der Waals surface area contributed by atoms with Crippen LogP contribution < -0.4 is 27.2 Å². The minimum absolute atomic E-state index is 0.145. The number of rotatable bonds is 18. The highest BCUT2D eigenvalue weighted by Gasteiger charge is 2.17. The molecule has 3 rings (SSSR count). The van der Waals surface area contributed by atoms with Crippen molar-refractivity contribution in [1.29, 1.82) is 5.41 Å². The van der Waals surface area contributed by atoms with E-state index in [-0.39, 0.29) is 34.0 Å². The van der Waals surface area contributed by atoms with Crippen LogP contribution in [0.15, 0.2) is 51.7 Å². The molecule has 1 heterocycles. The lowest BCUT2D eigenvalue weighted by Gasteiger charge is -2.09. The Labute approximate surface area is 237 Å². The molecule has 0 fully saturated rings. The molecule has 3 aromatic rings. The number of nitrogens with one attached hydrogen (secondary N) is 2. The Kier molecular flexibility index (Phi) is 12.7. The largest absolute Gasteiger partial charge is 0.494 e. The average Bonchev–Trinajstić information content (AvgIpc) is 2.98. The average molecular weight is 549 g/mol. The molecule has 8 heteroatoms. The van der Waals surface area contributed by atoms with E-state index in [1.807, 2.05) is 0 Å². The van der Waals surface area contributed by atoms with Crippen LogP contribution in [0.5, 0.6) is 5.75 Å². The fourth-order valence-corrected chi connectivity index (χ4v) is 4.78. The van der Waals surface area contributed by atoms with Crippen molar-refractivity contribution in [2.24, 2.45) is 5.84 Å². The van der Waals surface area contributed by atoms with Crippen molar-refractivity contribution in [3.8, 4) is 5.75 Å². The van der Waals surface area contributed by atoms with Crippen LogP contribution in [-0.4, -0.2) is 18.2 Å². The number of ether oxygens (including phenoxy) is 1. The van der Waals surface area contributed by atoms with E-state index in [1.165, 1.54) is 89.2 Å². The molecule has 8 nitrogen and oxygen atoms in total. The molecule has 0 radical (unpaired) electrons. The van der Waals surface area contributed by atoms with Crippen molar-refractivity contribution in [2.45, 2.75) is 90.4 Å². The van der Waals surface area contributed by atoms with Gasteiger partial charge in [0.1, 0.15) is 17.0 Å². The van der Waals surface area contributed by atoms with Gasteiger partial charge in [0.15, 0.2) is 17.4 Å². The van der Waals surface area contributed by atoms with Crippen LogP contribution in [0.4, 0.5) is 5.69 Å². The molecule has 0 bridgehead atoms. The first-order valence-corrected chi connectivity index (χ1v) is 14.7. The molecular formula is C32H44N4O4. The Morgan fingerprint density at radius 2 is 1.40 bits per heavy atom. The van der Waals surface area contributed by atoms with E-state index in [9.17, 15) is 9.59 Å². The quantitative estimate of drug-likeness (QED) is 0.0339. The van der Waals surface area contributed by atoms with Crippen LogP contribution in [-0.2, 0) is 0 Å². The highest BCUT2D eigenvalue weighted by molar-refractivity contribution is 6.10. The third kappa shape index (κ3) is 8.95. The third-order valence-electron chi connectivity index (χ3n) is 7.19. The van der Waals surface area contributed by atoms with Gasteiger partial charge in [0, 0.05) is 11.1 Å². The summed E-state index contributed by atoms with van der Waals surface area (Å²) in [4.78, 5) is 25.8. The number of anilines is 1. The van der Waals surface area contributed by atoms with Crippen LogP contribution >= 0.6 is 0 Å². The summed E-state index contributed by atoms with van der Waals surface area (Å²) in [7, 11) is 0. The summed E-state index contributed by atoms with van der Waals surface area (Å²) in [5.41, 5.74) is 8.22. The number of ketones is 1. The van der Waals surface area contributed by atoms with Gasteiger partial charge in [-0.2, -0.15) is 0 Å². The number of hydrogen-bond donors (Lipinski definition) is 4. The van der Waals surface area contributed by atoms with Crippen molar-refractivity contribution < 1.29 is 13.9 Å². The van der Waals surface area contributed by atoms with Crippen LogP contribution in [0.3, 0.4) is 0 Å². The van der Waals surface area contributed by atoms with Gasteiger partial charge < -0.3 is 20.3 Å². The number of nitrogen functional groups attached to an aromatic ring is 1. The Bertz CT molecular complexity index is 1300. The third-order valence-corrected chi connectivity index (χ3v) is 7.19. The second-order valence-corrected chi connectivity index (χ2v) is 10.3. The van der Waals surface area contributed by atoms with E-state index in [0.29, 0.717) is 17.7 Å². The maximum atomic E-state index is 13.1.